The number of halogens is 6. The lowest BCUT2D eigenvalue weighted by atomic mass is 9.92. The molecule has 0 amide bonds. The Hall–Kier alpha value is -3.14. The van der Waals surface area contributed by atoms with Crippen LogP contribution < -0.4 is 0 Å². The van der Waals surface area contributed by atoms with E-state index in [0.29, 0.717) is 5.56 Å². The van der Waals surface area contributed by atoms with E-state index in [0.717, 1.165) is 33.6 Å². The largest absolute Gasteiger partial charge is 0.418 e. The van der Waals surface area contributed by atoms with Crippen molar-refractivity contribution < 1.29 is 37.6 Å². The van der Waals surface area contributed by atoms with Crippen molar-refractivity contribution in [1.29, 1.82) is 0 Å². The van der Waals surface area contributed by atoms with Crippen molar-refractivity contribution in [1.82, 2.24) is 29.8 Å². The number of rotatable bonds is 5. The lowest BCUT2D eigenvalue weighted by Crippen LogP contribution is -2.53. The number of hydrogen-bond donors (Lipinski definition) is 3. The second-order valence-electron chi connectivity index (χ2n) is 9.05. The van der Waals surface area contributed by atoms with E-state index in [1.54, 1.807) is 0 Å². The summed E-state index contributed by atoms with van der Waals surface area (Å²) in [4.78, 5) is 4.20. The molecule has 0 aliphatic carbocycles. The molecule has 1 saturated heterocycles. The molecule has 40 heavy (non-hydrogen) atoms. The van der Waals surface area contributed by atoms with Crippen LogP contribution in [0.4, 0.5) is 17.6 Å². The molecule has 2 aromatic heterocycles. The summed E-state index contributed by atoms with van der Waals surface area (Å²) in [7, 11) is 0. The molecule has 0 bridgehead atoms. The summed E-state index contributed by atoms with van der Waals surface area (Å²) in [5, 5.41) is 44.1. The molecule has 212 valence electrons. The highest BCUT2D eigenvalue weighted by molar-refractivity contribution is 6.31. The first kappa shape index (κ1) is 28.4. The zero-order chi connectivity index (χ0) is 28.9. The van der Waals surface area contributed by atoms with Gasteiger partial charge in [-0.1, -0.05) is 28.4 Å². The van der Waals surface area contributed by atoms with Gasteiger partial charge in [0.15, 0.2) is 5.82 Å². The smallest absolute Gasteiger partial charge is 0.394 e. The minimum absolute atomic E-state index is 0.00945. The van der Waals surface area contributed by atoms with Crippen LogP contribution in [0.1, 0.15) is 29.4 Å². The second-order valence-corrected chi connectivity index (χ2v) is 9.89. The zero-order valence-corrected chi connectivity index (χ0v) is 21.8. The SMILES string of the molecule is Cc1nc([C@@H]2O[C@H](CO)[C@H](O)[C@H](n3cc(-c4ccc(F)c(Cl)c4)nn3)[C@H]2O)n(-c2cc(Cl)ccc2C(F)(F)F)n1. The van der Waals surface area contributed by atoms with Crippen LogP contribution >= 0.6 is 23.2 Å². The Bertz CT molecular complexity index is 1550. The summed E-state index contributed by atoms with van der Waals surface area (Å²) in [6.45, 7) is 0.717. The van der Waals surface area contributed by atoms with Gasteiger partial charge in [0.2, 0.25) is 0 Å². The topological polar surface area (TPSA) is 131 Å². The number of aliphatic hydroxyl groups is 3. The van der Waals surface area contributed by atoms with E-state index in [1.807, 2.05) is 0 Å². The van der Waals surface area contributed by atoms with Gasteiger partial charge in [-0.3, -0.25) is 0 Å². The number of ether oxygens (including phenoxy) is 1. The van der Waals surface area contributed by atoms with Crippen molar-refractivity contribution in [3.05, 3.63) is 75.7 Å². The molecule has 1 fully saturated rings. The van der Waals surface area contributed by atoms with Gasteiger partial charge in [-0.05, 0) is 43.3 Å². The number of nitrogens with zero attached hydrogens (tertiary/aromatic N) is 6. The Morgan fingerprint density at radius 1 is 1.07 bits per heavy atom. The summed E-state index contributed by atoms with van der Waals surface area (Å²) in [6, 6.07) is 5.46. The predicted molar refractivity (Wildman–Crippen MR) is 132 cm³/mol. The average Bonchev–Trinajstić information content (AvgIpc) is 3.52. The van der Waals surface area contributed by atoms with Gasteiger partial charge in [-0.15, -0.1) is 5.10 Å². The lowest BCUT2D eigenvalue weighted by Gasteiger charge is -2.41. The minimum Gasteiger partial charge on any atom is -0.394 e. The normalized spacial score (nSPS) is 23.5. The van der Waals surface area contributed by atoms with Crippen molar-refractivity contribution in [2.75, 3.05) is 6.61 Å². The molecule has 16 heteroatoms. The van der Waals surface area contributed by atoms with E-state index in [2.05, 4.69) is 20.4 Å². The molecule has 1 aliphatic rings. The maximum absolute atomic E-state index is 13.9. The molecule has 4 aromatic rings. The molecular formula is C24H20Cl2F4N6O4. The monoisotopic (exact) mass is 602 g/mol. The minimum atomic E-state index is -4.78. The summed E-state index contributed by atoms with van der Waals surface area (Å²) in [6.07, 6.45) is -9.42. The van der Waals surface area contributed by atoms with Crippen LogP contribution in [0.25, 0.3) is 16.9 Å². The quantitative estimate of drug-likeness (QED) is 0.295. The van der Waals surface area contributed by atoms with Gasteiger partial charge in [0.25, 0.3) is 0 Å². The molecule has 2 aromatic carbocycles. The van der Waals surface area contributed by atoms with Gasteiger partial charge in [-0.25, -0.2) is 18.7 Å². The van der Waals surface area contributed by atoms with E-state index < -0.39 is 60.3 Å². The van der Waals surface area contributed by atoms with Crippen LogP contribution in [0.15, 0.2) is 42.6 Å². The highest BCUT2D eigenvalue weighted by Crippen LogP contribution is 2.41. The highest BCUT2D eigenvalue weighted by Gasteiger charge is 2.49. The van der Waals surface area contributed by atoms with Crippen molar-refractivity contribution in [2.24, 2.45) is 0 Å². The first-order valence-electron chi connectivity index (χ1n) is 11.7. The van der Waals surface area contributed by atoms with Crippen molar-refractivity contribution in [3.63, 3.8) is 0 Å². The molecule has 3 heterocycles. The Labute approximate surface area is 233 Å². The standard InChI is InChI=1S/C24H20Cl2F4N6O4/c1-10-31-23(36(33-10)17-7-12(25)3-4-13(17)24(28,29)30)22-21(39)19(20(38)18(9-37)40-22)35-8-16(32-34-35)11-2-5-15(27)14(26)6-11/h2-8,18-22,37-39H,9H2,1H3/t18-,19+,20+,21-,22-/m1/s1. The third-order valence-corrected chi connectivity index (χ3v) is 6.93. The summed E-state index contributed by atoms with van der Waals surface area (Å²) in [5.41, 5.74) is -0.925. The van der Waals surface area contributed by atoms with Gasteiger partial charge in [0, 0.05) is 10.6 Å². The molecule has 1 aliphatic heterocycles. The molecule has 10 nitrogen and oxygen atoms in total. The number of aliphatic hydroxyl groups excluding tert-OH is 3. The molecule has 0 radical (unpaired) electrons. The Kier molecular flexibility index (Phi) is 7.58. The van der Waals surface area contributed by atoms with Crippen molar-refractivity contribution >= 4 is 23.2 Å². The van der Waals surface area contributed by atoms with E-state index in [-0.39, 0.29) is 27.4 Å². The Morgan fingerprint density at radius 3 is 2.50 bits per heavy atom. The average molecular weight is 603 g/mol. The van der Waals surface area contributed by atoms with Crippen molar-refractivity contribution in [2.45, 2.75) is 43.6 Å². The van der Waals surface area contributed by atoms with E-state index in [4.69, 9.17) is 27.9 Å². The van der Waals surface area contributed by atoms with E-state index in [1.165, 1.54) is 25.3 Å². The third-order valence-electron chi connectivity index (χ3n) is 6.41. The fourth-order valence-electron chi connectivity index (χ4n) is 4.55. The maximum atomic E-state index is 13.9. The van der Waals surface area contributed by atoms with Crippen LogP contribution in [-0.4, -0.2) is 70.0 Å². The zero-order valence-electron chi connectivity index (χ0n) is 20.3. The van der Waals surface area contributed by atoms with Crippen LogP contribution in [0, 0.1) is 12.7 Å². The number of aromatic nitrogens is 6. The lowest BCUT2D eigenvalue weighted by molar-refractivity contribution is -0.210. The van der Waals surface area contributed by atoms with Crippen LogP contribution in [-0.2, 0) is 10.9 Å². The van der Waals surface area contributed by atoms with E-state index >= 15 is 0 Å². The van der Waals surface area contributed by atoms with E-state index in [9.17, 15) is 32.9 Å². The first-order chi connectivity index (χ1) is 18.9. The summed E-state index contributed by atoms with van der Waals surface area (Å²) >= 11 is 11.9. The molecule has 3 N–H and O–H groups in total. The number of alkyl halides is 3. The van der Waals surface area contributed by atoms with Crippen LogP contribution in [0.2, 0.25) is 10.0 Å². The van der Waals surface area contributed by atoms with Gasteiger partial charge in [-0.2, -0.15) is 18.3 Å². The highest BCUT2D eigenvalue weighted by atomic mass is 35.5. The first-order valence-corrected chi connectivity index (χ1v) is 12.4. The molecule has 5 rings (SSSR count). The van der Waals surface area contributed by atoms with Crippen LogP contribution in [0.3, 0.4) is 0 Å². The van der Waals surface area contributed by atoms with Crippen LogP contribution in [0.5, 0.6) is 0 Å². The van der Waals surface area contributed by atoms with Gasteiger partial charge >= 0.3 is 6.18 Å². The molecule has 0 unspecified atom stereocenters. The second kappa shape index (κ2) is 10.7. The Balaban J connectivity index is 1.58. The fourth-order valence-corrected chi connectivity index (χ4v) is 4.90. The molecular weight excluding hydrogens is 583 g/mol. The summed E-state index contributed by atoms with van der Waals surface area (Å²) < 4.78 is 62.9. The third kappa shape index (κ3) is 5.18. The fraction of sp³-hybridized carbons (Fsp3) is 0.333. The molecule has 5 atom stereocenters. The number of hydrogen-bond acceptors (Lipinski definition) is 8. The molecule has 0 saturated carbocycles. The van der Waals surface area contributed by atoms with Gasteiger partial charge in [0.05, 0.1) is 29.1 Å². The summed E-state index contributed by atoms with van der Waals surface area (Å²) in [5.74, 6) is -0.827. The molecule has 0 spiro atoms. The van der Waals surface area contributed by atoms with Gasteiger partial charge in [0.1, 0.15) is 47.8 Å². The number of benzene rings is 2. The van der Waals surface area contributed by atoms with Crippen molar-refractivity contribution in [3.8, 4) is 16.9 Å². The van der Waals surface area contributed by atoms with Gasteiger partial charge < -0.3 is 20.1 Å². The Morgan fingerprint density at radius 2 is 1.82 bits per heavy atom. The predicted octanol–water partition coefficient (Wildman–Crippen LogP) is 3.69. The number of aryl methyl sites for hydroxylation is 1. The maximum Gasteiger partial charge on any atom is 0.418 e.